The molecule has 0 unspecified atom stereocenters. The van der Waals surface area contributed by atoms with Crippen molar-refractivity contribution in [2.45, 2.75) is 20.8 Å². The third kappa shape index (κ3) is 3.31. The monoisotopic (exact) mass is 476 g/mol. The highest BCUT2D eigenvalue weighted by molar-refractivity contribution is 7.21. The normalized spacial score (nSPS) is 15.9. The van der Waals surface area contributed by atoms with Crippen LogP contribution < -0.4 is 10.9 Å². The first-order valence-corrected chi connectivity index (χ1v) is 11.9. The summed E-state index contributed by atoms with van der Waals surface area (Å²) in [6, 6.07) is 1.74. The SMILES string of the molecule is Cc1cnn(C)c1-c1cn2nc3c4ncc(NC(=O)CN5CC(C)(C)C5)cc4[nH]c(=O)c3c2s1. The van der Waals surface area contributed by atoms with Crippen LogP contribution in [-0.2, 0) is 11.8 Å². The van der Waals surface area contributed by atoms with Crippen molar-refractivity contribution < 1.29 is 4.79 Å². The van der Waals surface area contributed by atoms with Gasteiger partial charge in [-0.3, -0.25) is 24.2 Å². The molecule has 0 bridgehead atoms. The molecule has 0 aromatic carbocycles. The smallest absolute Gasteiger partial charge is 0.261 e. The highest BCUT2D eigenvalue weighted by atomic mass is 32.1. The van der Waals surface area contributed by atoms with Gasteiger partial charge in [0.2, 0.25) is 5.91 Å². The van der Waals surface area contributed by atoms with E-state index in [2.05, 4.69) is 44.2 Å². The molecule has 0 radical (unpaired) electrons. The molecule has 6 rings (SSSR count). The van der Waals surface area contributed by atoms with E-state index in [0.29, 0.717) is 34.2 Å². The Morgan fingerprint density at radius 3 is 2.76 bits per heavy atom. The number of pyridine rings is 2. The van der Waals surface area contributed by atoms with Crippen LogP contribution in [0.3, 0.4) is 0 Å². The van der Waals surface area contributed by atoms with E-state index >= 15 is 0 Å². The minimum absolute atomic E-state index is 0.0967. The number of carbonyl (C=O) groups excluding carboxylic acids is 1. The number of aryl methyl sites for hydroxylation is 2. The van der Waals surface area contributed by atoms with Gasteiger partial charge in [0.15, 0.2) is 0 Å². The van der Waals surface area contributed by atoms with Crippen LogP contribution in [0.25, 0.3) is 37.3 Å². The quantitative estimate of drug-likeness (QED) is 0.412. The number of fused-ring (bicyclic) bond motifs is 5. The first-order valence-electron chi connectivity index (χ1n) is 11.0. The van der Waals surface area contributed by atoms with Crippen LogP contribution in [-0.4, -0.2) is 59.8 Å². The summed E-state index contributed by atoms with van der Waals surface area (Å²) in [6.07, 6.45) is 5.34. The molecule has 5 aromatic rings. The molecular formula is C23H24N8O2S. The average molecular weight is 477 g/mol. The number of aromatic amines is 1. The lowest BCUT2D eigenvalue weighted by Gasteiger charge is -2.45. The molecule has 6 heterocycles. The predicted octanol–water partition coefficient (Wildman–Crippen LogP) is 2.77. The zero-order valence-corrected chi connectivity index (χ0v) is 20.2. The molecule has 0 saturated carbocycles. The van der Waals surface area contributed by atoms with E-state index in [1.54, 1.807) is 16.8 Å². The summed E-state index contributed by atoms with van der Waals surface area (Å²) in [5.41, 5.74) is 4.30. The number of nitrogens with zero attached hydrogens (tertiary/aromatic N) is 6. The number of aromatic nitrogens is 6. The second-order valence-corrected chi connectivity index (χ2v) is 10.8. The number of hydrogen-bond donors (Lipinski definition) is 2. The molecule has 0 atom stereocenters. The molecule has 174 valence electrons. The van der Waals surface area contributed by atoms with Crippen molar-refractivity contribution in [1.82, 2.24) is 34.3 Å². The van der Waals surface area contributed by atoms with Crippen molar-refractivity contribution in [3.05, 3.63) is 40.6 Å². The van der Waals surface area contributed by atoms with Gasteiger partial charge in [-0.05, 0) is 24.0 Å². The van der Waals surface area contributed by atoms with Crippen LogP contribution in [0.15, 0.2) is 29.5 Å². The fraction of sp³-hybridized carbons (Fsp3) is 0.348. The van der Waals surface area contributed by atoms with Gasteiger partial charge in [-0.15, -0.1) is 11.3 Å². The van der Waals surface area contributed by atoms with Gasteiger partial charge in [0.25, 0.3) is 5.56 Å². The Bertz CT molecular complexity index is 1640. The summed E-state index contributed by atoms with van der Waals surface area (Å²) in [6.45, 7) is 8.53. The third-order valence-corrected chi connectivity index (χ3v) is 7.31. The molecule has 10 nitrogen and oxygen atoms in total. The van der Waals surface area contributed by atoms with Crippen molar-refractivity contribution in [3.8, 4) is 10.6 Å². The molecule has 5 aromatic heterocycles. The summed E-state index contributed by atoms with van der Waals surface area (Å²) in [4.78, 5) is 36.8. The van der Waals surface area contributed by atoms with Gasteiger partial charge in [0, 0.05) is 26.3 Å². The van der Waals surface area contributed by atoms with E-state index in [1.165, 1.54) is 11.3 Å². The number of anilines is 1. The van der Waals surface area contributed by atoms with Gasteiger partial charge >= 0.3 is 0 Å². The van der Waals surface area contributed by atoms with Crippen LogP contribution in [0.1, 0.15) is 19.4 Å². The zero-order valence-electron chi connectivity index (χ0n) is 19.3. The van der Waals surface area contributed by atoms with Crippen molar-refractivity contribution >= 4 is 49.7 Å². The summed E-state index contributed by atoms with van der Waals surface area (Å²) in [5.74, 6) is -0.0967. The van der Waals surface area contributed by atoms with Gasteiger partial charge in [-0.25, -0.2) is 4.52 Å². The zero-order chi connectivity index (χ0) is 23.8. The summed E-state index contributed by atoms with van der Waals surface area (Å²) >= 11 is 1.50. The molecule has 1 saturated heterocycles. The van der Waals surface area contributed by atoms with Gasteiger partial charge in [0.1, 0.15) is 21.3 Å². The van der Waals surface area contributed by atoms with Crippen LogP contribution in [0.5, 0.6) is 0 Å². The number of amides is 1. The highest BCUT2D eigenvalue weighted by Crippen LogP contribution is 2.34. The van der Waals surface area contributed by atoms with Crippen molar-refractivity contribution in [3.63, 3.8) is 0 Å². The van der Waals surface area contributed by atoms with Crippen LogP contribution in [0.4, 0.5) is 5.69 Å². The van der Waals surface area contributed by atoms with Crippen molar-refractivity contribution in [1.29, 1.82) is 0 Å². The molecule has 1 aliphatic rings. The Labute approximate surface area is 198 Å². The lowest BCUT2D eigenvalue weighted by Crippen LogP contribution is -2.54. The lowest BCUT2D eigenvalue weighted by molar-refractivity contribution is -0.120. The number of hydrogen-bond acceptors (Lipinski definition) is 7. The average Bonchev–Trinajstić information content (AvgIpc) is 3.38. The molecule has 0 aliphatic carbocycles. The van der Waals surface area contributed by atoms with Gasteiger partial charge in [0.05, 0.1) is 40.7 Å². The van der Waals surface area contributed by atoms with E-state index in [9.17, 15) is 9.59 Å². The summed E-state index contributed by atoms with van der Waals surface area (Å²) < 4.78 is 3.56. The second-order valence-electron chi connectivity index (χ2n) is 9.80. The topological polar surface area (TPSA) is 113 Å². The fourth-order valence-electron chi connectivity index (χ4n) is 4.91. The van der Waals surface area contributed by atoms with E-state index in [-0.39, 0.29) is 16.9 Å². The number of thiazole rings is 1. The first kappa shape index (κ1) is 21.0. The third-order valence-electron chi connectivity index (χ3n) is 6.21. The Balaban J connectivity index is 1.34. The number of rotatable bonds is 4. The van der Waals surface area contributed by atoms with Crippen LogP contribution in [0.2, 0.25) is 0 Å². The van der Waals surface area contributed by atoms with Crippen LogP contribution >= 0.6 is 11.3 Å². The minimum atomic E-state index is -0.235. The first-order chi connectivity index (χ1) is 16.2. The fourth-order valence-corrected chi connectivity index (χ4v) is 6.14. The molecule has 2 N–H and O–H groups in total. The van der Waals surface area contributed by atoms with Gasteiger partial charge in [-0.2, -0.15) is 10.2 Å². The highest BCUT2D eigenvalue weighted by Gasteiger charge is 2.34. The molecule has 1 aliphatic heterocycles. The predicted molar refractivity (Wildman–Crippen MR) is 132 cm³/mol. The summed E-state index contributed by atoms with van der Waals surface area (Å²) in [5, 5.41) is 12.4. The van der Waals surface area contributed by atoms with E-state index < -0.39 is 0 Å². The van der Waals surface area contributed by atoms with Crippen LogP contribution in [0, 0.1) is 12.3 Å². The van der Waals surface area contributed by atoms with Crippen molar-refractivity contribution in [2.75, 3.05) is 25.0 Å². The Morgan fingerprint density at radius 1 is 1.26 bits per heavy atom. The maximum Gasteiger partial charge on any atom is 0.261 e. The Kier molecular flexibility index (Phi) is 4.45. The van der Waals surface area contributed by atoms with Gasteiger partial charge < -0.3 is 10.3 Å². The lowest BCUT2D eigenvalue weighted by atomic mass is 9.84. The molecule has 1 amide bonds. The minimum Gasteiger partial charge on any atom is -0.324 e. The molecule has 0 spiro atoms. The number of likely N-dealkylation sites (tertiary alicyclic amines) is 1. The second kappa shape index (κ2) is 7.21. The largest absolute Gasteiger partial charge is 0.324 e. The maximum atomic E-state index is 13.0. The van der Waals surface area contributed by atoms with Crippen molar-refractivity contribution in [2.24, 2.45) is 12.5 Å². The standard InChI is InChI=1S/C23H24N8O2S/c1-12-6-25-29(4)20(12)15-8-31-22(34-15)17-19(28-31)18-14(27-21(17)33)5-13(7-24-18)26-16(32)9-30-10-23(2,3)11-30/h5-8H,9-11H2,1-4H3,(H,26,32)(H,27,33). The summed E-state index contributed by atoms with van der Waals surface area (Å²) in [7, 11) is 1.90. The number of H-pyrrole nitrogens is 1. The number of nitrogens with one attached hydrogen (secondary N) is 2. The Morgan fingerprint density at radius 2 is 2.06 bits per heavy atom. The number of carbonyl (C=O) groups is 1. The molecule has 1 fully saturated rings. The van der Waals surface area contributed by atoms with E-state index in [0.717, 1.165) is 34.1 Å². The van der Waals surface area contributed by atoms with E-state index in [4.69, 9.17) is 0 Å². The molecule has 11 heteroatoms. The molecular weight excluding hydrogens is 452 g/mol. The maximum absolute atomic E-state index is 13.0. The van der Waals surface area contributed by atoms with E-state index in [1.807, 2.05) is 31.0 Å². The molecule has 34 heavy (non-hydrogen) atoms. The van der Waals surface area contributed by atoms with Gasteiger partial charge in [-0.1, -0.05) is 13.8 Å². The Hall–Kier alpha value is -3.57.